The van der Waals surface area contributed by atoms with Crippen molar-refractivity contribution in [2.75, 3.05) is 18.4 Å². The van der Waals surface area contributed by atoms with Crippen LogP contribution in [0.1, 0.15) is 46.9 Å². The quantitative estimate of drug-likeness (QED) is 0.888. The molecule has 0 bridgehead atoms. The first-order valence-corrected chi connectivity index (χ1v) is 9.04. The number of carbonyl (C=O) groups excluding carboxylic acids is 1. The van der Waals surface area contributed by atoms with Crippen molar-refractivity contribution in [1.29, 1.82) is 0 Å². The topological polar surface area (TPSA) is 45.2 Å². The molecule has 1 aliphatic rings. The van der Waals surface area contributed by atoms with Gasteiger partial charge < -0.3 is 10.2 Å². The van der Waals surface area contributed by atoms with E-state index < -0.39 is 0 Å². The van der Waals surface area contributed by atoms with Gasteiger partial charge in [-0.3, -0.25) is 9.78 Å². The number of hydrogen-bond acceptors (Lipinski definition) is 3. The predicted molar refractivity (Wildman–Crippen MR) is 102 cm³/mol. The summed E-state index contributed by atoms with van der Waals surface area (Å²) in [5, 5.41) is 3.46. The molecule has 2 aromatic rings. The van der Waals surface area contributed by atoms with Crippen LogP contribution < -0.4 is 5.32 Å². The molecule has 1 fully saturated rings. The standard InChI is InChI=1S/C21H27N3O/c1-14-6-5-9-24(13-14)21(25)19-12-18(7-8-22-19)23-20-16(3)10-15(2)11-17(20)4/h7-8,10-12,14H,5-6,9,13H2,1-4H3,(H,22,23). The van der Waals surface area contributed by atoms with Crippen LogP contribution in [0.5, 0.6) is 0 Å². The molecule has 4 heteroatoms. The van der Waals surface area contributed by atoms with E-state index in [1.807, 2.05) is 17.0 Å². The minimum Gasteiger partial charge on any atom is -0.355 e. The van der Waals surface area contributed by atoms with Crippen molar-refractivity contribution in [2.45, 2.75) is 40.5 Å². The molecule has 0 aliphatic carbocycles. The number of hydrogen-bond donors (Lipinski definition) is 1. The molecule has 1 N–H and O–H groups in total. The van der Waals surface area contributed by atoms with Crippen LogP contribution in [0.3, 0.4) is 0 Å². The molecule has 25 heavy (non-hydrogen) atoms. The van der Waals surface area contributed by atoms with Crippen molar-refractivity contribution >= 4 is 17.3 Å². The highest BCUT2D eigenvalue weighted by atomic mass is 16.2. The minimum atomic E-state index is 0.0348. The van der Waals surface area contributed by atoms with Gasteiger partial charge in [0.15, 0.2) is 0 Å². The number of likely N-dealkylation sites (tertiary alicyclic amines) is 1. The summed E-state index contributed by atoms with van der Waals surface area (Å²) in [4.78, 5) is 19.0. The molecule has 0 saturated carbocycles. The Kier molecular flexibility index (Phi) is 5.07. The average Bonchev–Trinajstić information content (AvgIpc) is 2.57. The number of piperidine rings is 1. The van der Waals surface area contributed by atoms with Crippen LogP contribution >= 0.6 is 0 Å². The van der Waals surface area contributed by atoms with Crippen molar-refractivity contribution in [3.8, 4) is 0 Å². The third kappa shape index (κ3) is 4.01. The molecule has 1 aromatic carbocycles. The van der Waals surface area contributed by atoms with Gasteiger partial charge in [-0.05, 0) is 62.8 Å². The third-order valence-electron chi connectivity index (χ3n) is 4.87. The lowest BCUT2D eigenvalue weighted by molar-refractivity contribution is 0.0677. The van der Waals surface area contributed by atoms with E-state index in [0.717, 1.165) is 30.9 Å². The summed E-state index contributed by atoms with van der Waals surface area (Å²) >= 11 is 0. The highest BCUT2D eigenvalue weighted by molar-refractivity contribution is 5.93. The van der Waals surface area contributed by atoms with Gasteiger partial charge in [-0.1, -0.05) is 24.6 Å². The lowest BCUT2D eigenvalue weighted by Gasteiger charge is -2.30. The van der Waals surface area contributed by atoms with E-state index in [2.05, 4.69) is 50.1 Å². The second kappa shape index (κ2) is 7.26. The molecule has 1 aliphatic heterocycles. The second-order valence-electron chi connectivity index (χ2n) is 7.33. The van der Waals surface area contributed by atoms with E-state index in [9.17, 15) is 4.79 Å². The molecular weight excluding hydrogens is 310 g/mol. The number of nitrogens with zero attached hydrogens (tertiary/aromatic N) is 2. The fourth-order valence-corrected chi connectivity index (χ4v) is 3.68. The zero-order valence-electron chi connectivity index (χ0n) is 15.6. The normalized spacial score (nSPS) is 17.4. The number of aryl methyl sites for hydroxylation is 3. The third-order valence-corrected chi connectivity index (χ3v) is 4.87. The lowest BCUT2D eigenvalue weighted by atomic mass is 10.00. The van der Waals surface area contributed by atoms with Gasteiger partial charge in [-0.15, -0.1) is 0 Å². The molecule has 0 radical (unpaired) electrons. The predicted octanol–water partition coefficient (Wildman–Crippen LogP) is 4.62. The Morgan fingerprint density at radius 1 is 1.20 bits per heavy atom. The number of rotatable bonds is 3. The van der Waals surface area contributed by atoms with Crippen molar-refractivity contribution in [3.05, 3.63) is 52.8 Å². The fourth-order valence-electron chi connectivity index (χ4n) is 3.68. The first kappa shape index (κ1) is 17.5. The van der Waals surface area contributed by atoms with Crippen LogP contribution in [0.15, 0.2) is 30.5 Å². The maximum Gasteiger partial charge on any atom is 0.272 e. The van der Waals surface area contributed by atoms with Gasteiger partial charge in [0.25, 0.3) is 5.91 Å². The fraction of sp³-hybridized carbons (Fsp3) is 0.429. The van der Waals surface area contributed by atoms with Crippen LogP contribution in [-0.4, -0.2) is 28.9 Å². The average molecular weight is 337 g/mol. The molecular formula is C21H27N3O. The van der Waals surface area contributed by atoms with Crippen molar-refractivity contribution in [2.24, 2.45) is 5.92 Å². The van der Waals surface area contributed by atoms with Crippen molar-refractivity contribution in [3.63, 3.8) is 0 Å². The summed E-state index contributed by atoms with van der Waals surface area (Å²) < 4.78 is 0. The summed E-state index contributed by atoms with van der Waals surface area (Å²) in [5.74, 6) is 0.601. The molecule has 3 rings (SSSR count). The van der Waals surface area contributed by atoms with Crippen LogP contribution in [0.2, 0.25) is 0 Å². The van der Waals surface area contributed by atoms with Gasteiger partial charge in [0.1, 0.15) is 5.69 Å². The highest BCUT2D eigenvalue weighted by Gasteiger charge is 2.23. The lowest BCUT2D eigenvalue weighted by Crippen LogP contribution is -2.39. The Balaban J connectivity index is 1.81. The van der Waals surface area contributed by atoms with E-state index in [-0.39, 0.29) is 5.91 Å². The molecule has 1 atom stereocenters. The van der Waals surface area contributed by atoms with E-state index in [1.54, 1.807) is 6.20 Å². The summed E-state index contributed by atoms with van der Waals surface area (Å²) in [7, 11) is 0. The SMILES string of the molecule is Cc1cc(C)c(Nc2ccnc(C(=O)N3CCCC(C)C3)c2)c(C)c1. The van der Waals surface area contributed by atoms with Gasteiger partial charge in [0.2, 0.25) is 0 Å². The Morgan fingerprint density at radius 3 is 2.60 bits per heavy atom. The molecule has 132 valence electrons. The number of amides is 1. The Bertz CT molecular complexity index is 761. The molecule has 1 saturated heterocycles. The number of nitrogens with one attached hydrogen (secondary N) is 1. The van der Waals surface area contributed by atoms with Crippen molar-refractivity contribution < 1.29 is 4.79 Å². The summed E-state index contributed by atoms with van der Waals surface area (Å²) in [6.07, 6.45) is 3.99. The Labute approximate surface area is 150 Å². The molecule has 0 spiro atoms. The molecule has 4 nitrogen and oxygen atoms in total. The minimum absolute atomic E-state index is 0.0348. The zero-order chi connectivity index (χ0) is 18.0. The molecule has 1 unspecified atom stereocenters. The largest absolute Gasteiger partial charge is 0.355 e. The molecule has 1 amide bonds. The van der Waals surface area contributed by atoms with E-state index >= 15 is 0 Å². The van der Waals surface area contributed by atoms with E-state index in [1.165, 1.54) is 23.1 Å². The molecule has 1 aromatic heterocycles. The summed E-state index contributed by atoms with van der Waals surface area (Å²) in [6, 6.07) is 8.10. The molecule has 2 heterocycles. The first-order valence-electron chi connectivity index (χ1n) is 9.04. The van der Waals surface area contributed by atoms with E-state index in [4.69, 9.17) is 0 Å². The number of pyridine rings is 1. The summed E-state index contributed by atoms with van der Waals surface area (Å²) in [6.45, 7) is 10.2. The Morgan fingerprint density at radius 2 is 1.92 bits per heavy atom. The van der Waals surface area contributed by atoms with Crippen LogP contribution in [-0.2, 0) is 0 Å². The van der Waals surface area contributed by atoms with Gasteiger partial charge in [0.05, 0.1) is 0 Å². The van der Waals surface area contributed by atoms with Gasteiger partial charge >= 0.3 is 0 Å². The van der Waals surface area contributed by atoms with Crippen LogP contribution in [0.4, 0.5) is 11.4 Å². The van der Waals surface area contributed by atoms with Gasteiger partial charge in [0, 0.05) is 30.7 Å². The van der Waals surface area contributed by atoms with Crippen LogP contribution in [0.25, 0.3) is 0 Å². The summed E-state index contributed by atoms with van der Waals surface area (Å²) in [5.41, 5.74) is 6.17. The maximum absolute atomic E-state index is 12.8. The van der Waals surface area contributed by atoms with Crippen LogP contribution in [0, 0.1) is 26.7 Å². The number of anilines is 2. The first-order chi connectivity index (χ1) is 11.9. The monoisotopic (exact) mass is 337 g/mol. The zero-order valence-corrected chi connectivity index (χ0v) is 15.6. The highest BCUT2D eigenvalue weighted by Crippen LogP contribution is 2.26. The van der Waals surface area contributed by atoms with Gasteiger partial charge in [-0.2, -0.15) is 0 Å². The van der Waals surface area contributed by atoms with Gasteiger partial charge in [-0.25, -0.2) is 0 Å². The number of aromatic nitrogens is 1. The number of carbonyl (C=O) groups is 1. The number of benzene rings is 1. The van der Waals surface area contributed by atoms with Crippen molar-refractivity contribution in [1.82, 2.24) is 9.88 Å². The second-order valence-corrected chi connectivity index (χ2v) is 7.33. The maximum atomic E-state index is 12.8. The Hall–Kier alpha value is -2.36. The van der Waals surface area contributed by atoms with E-state index in [0.29, 0.717) is 11.6 Å². The smallest absolute Gasteiger partial charge is 0.272 e.